The summed E-state index contributed by atoms with van der Waals surface area (Å²) in [5, 5.41) is 7.37. The molecule has 3 heterocycles. The summed E-state index contributed by atoms with van der Waals surface area (Å²) in [6.45, 7) is 0. The van der Waals surface area contributed by atoms with Crippen molar-refractivity contribution in [2.24, 2.45) is 5.10 Å². The number of H-pyrrole nitrogens is 1. The van der Waals surface area contributed by atoms with Crippen molar-refractivity contribution in [3.63, 3.8) is 0 Å². The van der Waals surface area contributed by atoms with E-state index in [-0.39, 0.29) is 5.91 Å². The van der Waals surface area contributed by atoms with Crippen LogP contribution in [0.25, 0.3) is 17.0 Å². The van der Waals surface area contributed by atoms with Gasteiger partial charge in [-0.2, -0.15) is 5.01 Å². The summed E-state index contributed by atoms with van der Waals surface area (Å²) >= 11 is 6.21. The van der Waals surface area contributed by atoms with Gasteiger partial charge in [-0.05, 0) is 35.9 Å². The molecule has 0 fully saturated rings. The van der Waals surface area contributed by atoms with E-state index in [1.807, 2.05) is 48.7 Å². The van der Waals surface area contributed by atoms with E-state index in [2.05, 4.69) is 15.1 Å². The Bertz CT molecular complexity index is 1310. The van der Waals surface area contributed by atoms with Crippen LogP contribution < -0.4 is 0 Å². The standard InChI is InChI=1S/C24H17ClN4O2/c25-20-7-3-1-5-16(20)9-10-22(30)29-24(19-15-27-21-8-4-2-6-18(19)21)31-23(28-29)17-11-13-26-14-12-17/h1-15,24,27H/b10-9-. The third-order valence-corrected chi connectivity index (χ3v) is 5.34. The van der Waals surface area contributed by atoms with Gasteiger partial charge < -0.3 is 9.72 Å². The molecule has 1 N–H and O–H groups in total. The van der Waals surface area contributed by atoms with Crippen molar-refractivity contribution in [2.45, 2.75) is 6.23 Å². The zero-order chi connectivity index (χ0) is 21.2. The largest absolute Gasteiger partial charge is 0.446 e. The van der Waals surface area contributed by atoms with Crippen LogP contribution in [0.1, 0.15) is 22.9 Å². The van der Waals surface area contributed by atoms with E-state index in [1.165, 1.54) is 11.1 Å². The first-order valence-corrected chi connectivity index (χ1v) is 10.1. The van der Waals surface area contributed by atoms with Crippen molar-refractivity contribution in [1.29, 1.82) is 0 Å². The molecule has 152 valence electrons. The molecular weight excluding hydrogens is 412 g/mol. The second kappa shape index (κ2) is 8.08. The van der Waals surface area contributed by atoms with Gasteiger partial charge in [0.2, 0.25) is 12.1 Å². The van der Waals surface area contributed by atoms with E-state index < -0.39 is 6.23 Å². The average molecular weight is 429 g/mol. The van der Waals surface area contributed by atoms with Crippen LogP contribution in [0.2, 0.25) is 5.02 Å². The van der Waals surface area contributed by atoms with Crippen molar-refractivity contribution >= 4 is 40.4 Å². The number of ether oxygens (including phenoxy) is 1. The highest BCUT2D eigenvalue weighted by molar-refractivity contribution is 6.32. The molecule has 1 atom stereocenters. The van der Waals surface area contributed by atoms with Gasteiger partial charge in [-0.1, -0.05) is 48.0 Å². The molecule has 0 spiro atoms. The second-order valence-corrected chi connectivity index (χ2v) is 7.35. The zero-order valence-corrected chi connectivity index (χ0v) is 17.0. The van der Waals surface area contributed by atoms with E-state index in [1.54, 1.807) is 36.7 Å². The lowest BCUT2D eigenvalue weighted by Crippen LogP contribution is -2.26. The molecule has 6 nitrogen and oxygen atoms in total. The molecule has 2 aromatic carbocycles. The molecule has 31 heavy (non-hydrogen) atoms. The molecule has 5 rings (SSSR count). The summed E-state index contributed by atoms with van der Waals surface area (Å²) in [5.41, 5.74) is 3.27. The van der Waals surface area contributed by atoms with Crippen molar-refractivity contribution in [1.82, 2.24) is 15.0 Å². The van der Waals surface area contributed by atoms with Crippen LogP contribution in [0.15, 0.2) is 90.4 Å². The fourth-order valence-corrected chi connectivity index (χ4v) is 3.65. The predicted octanol–water partition coefficient (Wildman–Crippen LogP) is 5.15. The number of hydrogen-bond donors (Lipinski definition) is 1. The summed E-state index contributed by atoms with van der Waals surface area (Å²) in [6.07, 6.45) is 7.58. The highest BCUT2D eigenvalue weighted by Gasteiger charge is 2.35. The van der Waals surface area contributed by atoms with Crippen molar-refractivity contribution in [3.8, 4) is 0 Å². The van der Waals surface area contributed by atoms with Crippen LogP contribution in [0.3, 0.4) is 0 Å². The van der Waals surface area contributed by atoms with E-state index in [0.29, 0.717) is 10.9 Å². The summed E-state index contributed by atoms with van der Waals surface area (Å²) in [6, 6.07) is 18.8. The number of nitrogens with zero attached hydrogens (tertiary/aromatic N) is 3. The number of aromatic amines is 1. The SMILES string of the molecule is O=C(/C=C\c1ccccc1Cl)N1N=C(c2ccncc2)OC1c1c[nH]c2ccccc12. The number of carbonyl (C=O) groups is 1. The highest BCUT2D eigenvalue weighted by Crippen LogP contribution is 2.34. The minimum absolute atomic E-state index is 0.320. The number of carbonyl (C=O) groups excluding carboxylic acids is 1. The highest BCUT2D eigenvalue weighted by atomic mass is 35.5. The molecule has 1 aliphatic rings. The predicted molar refractivity (Wildman–Crippen MR) is 120 cm³/mol. The Kier molecular flexibility index (Phi) is 4.98. The summed E-state index contributed by atoms with van der Waals surface area (Å²) < 4.78 is 6.16. The second-order valence-electron chi connectivity index (χ2n) is 6.94. The molecule has 0 aliphatic carbocycles. The van der Waals surface area contributed by atoms with Crippen LogP contribution in [0.4, 0.5) is 0 Å². The first-order valence-electron chi connectivity index (χ1n) is 9.68. The van der Waals surface area contributed by atoms with Gasteiger partial charge in [-0.25, -0.2) is 0 Å². The number of benzene rings is 2. The third-order valence-electron chi connectivity index (χ3n) is 5.00. The number of amides is 1. The lowest BCUT2D eigenvalue weighted by atomic mass is 10.1. The maximum absolute atomic E-state index is 13.1. The van der Waals surface area contributed by atoms with Gasteiger partial charge in [0.05, 0.1) is 0 Å². The fraction of sp³-hybridized carbons (Fsp3) is 0.0417. The van der Waals surface area contributed by atoms with Crippen LogP contribution in [-0.4, -0.2) is 26.8 Å². The molecule has 0 bridgehead atoms. The zero-order valence-electron chi connectivity index (χ0n) is 16.3. The normalized spacial score (nSPS) is 16.0. The molecule has 0 saturated carbocycles. The van der Waals surface area contributed by atoms with Gasteiger partial charge in [0.1, 0.15) is 0 Å². The van der Waals surface area contributed by atoms with E-state index >= 15 is 0 Å². The Morgan fingerprint density at radius 3 is 2.68 bits per heavy atom. The number of halogens is 1. The average Bonchev–Trinajstić information content (AvgIpc) is 3.43. The van der Waals surface area contributed by atoms with Gasteiger partial charge in [0, 0.05) is 51.7 Å². The molecule has 1 aliphatic heterocycles. The monoisotopic (exact) mass is 428 g/mol. The number of pyridine rings is 1. The number of para-hydroxylation sites is 1. The topological polar surface area (TPSA) is 70.6 Å². The first-order chi connectivity index (χ1) is 15.2. The minimum Gasteiger partial charge on any atom is -0.446 e. The van der Waals surface area contributed by atoms with Crippen LogP contribution in [-0.2, 0) is 9.53 Å². The molecule has 7 heteroatoms. The van der Waals surface area contributed by atoms with Crippen molar-refractivity contribution < 1.29 is 9.53 Å². The quantitative estimate of drug-likeness (QED) is 0.457. The molecule has 2 aromatic heterocycles. The molecular formula is C24H17ClN4O2. The van der Waals surface area contributed by atoms with Gasteiger partial charge in [0.15, 0.2) is 0 Å². The molecule has 1 amide bonds. The number of rotatable bonds is 4. The fourth-order valence-electron chi connectivity index (χ4n) is 3.46. The van der Waals surface area contributed by atoms with E-state index in [0.717, 1.165) is 27.6 Å². The smallest absolute Gasteiger partial charge is 0.270 e. The van der Waals surface area contributed by atoms with Gasteiger partial charge in [-0.3, -0.25) is 9.78 Å². The Balaban J connectivity index is 1.52. The number of aromatic nitrogens is 2. The Labute approximate surface area is 183 Å². The van der Waals surface area contributed by atoms with E-state index in [4.69, 9.17) is 16.3 Å². The van der Waals surface area contributed by atoms with Gasteiger partial charge in [0.25, 0.3) is 5.91 Å². The Morgan fingerprint density at radius 1 is 1.06 bits per heavy atom. The lowest BCUT2D eigenvalue weighted by molar-refractivity contribution is -0.132. The summed E-state index contributed by atoms with van der Waals surface area (Å²) in [7, 11) is 0. The Hall–Kier alpha value is -3.90. The molecule has 1 unspecified atom stereocenters. The molecule has 0 radical (unpaired) electrons. The van der Waals surface area contributed by atoms with E-state index in [9.17, 15) is 4.79 Å². The number of hydrazone groups is 1. The van der Waals surface area contributed by atoms with Crippen molar-refractivity contribution in [2.75, 3.05) is 0 Å². The maximum atomic E-state index is 13.1. The van der Waals surface area contributed by atoms with Crippen LogP contribution in [0, 0.1) is 0 Å². The third kappa shape index (κ3) is 3.69. The summed E-state index contributed by atoms with van der Waals surface area (Å²) in [4.78, 5) is 20.4. The van der Waals surface area contributed by atoms with Crippen molar-refractivity contribution in [3.05, 3.63) is 107 Å². The minimum atomic E-state index is -0.706. The van der Waals surface area contributed by atoms with Crippen LogP contribution >= 0.6 is 11.6 Å². The lowest BCUT2D eigenvalue weighted by Gasteiger charge is -2.18. The molecule has 0 saturated heterocycles. The summed E-state index contributed by atoms with van der Waals surface area (Å²) in [5.74, 6) is 0.0384. The van der Waals surface area contributed by atoms with Crippen LogP contribution in [0.5, 0.6) is 0 Å². The number of fused-ring (bicyclic) bond motifs is 1. The number of nitrogens with one attached hydrogen (secondary N) is 1. The molecule has 4 aromatic rings. The Morgan fingerprint density at radius 2 is 1.84 bits per heavy atom. The maximum Gasteiger partial charge on any atom is 0.270 e. The number of hydrogen-bond acceptors (Lipinski definition) is 4. The first kappa shape index (κ1) is 19.1. The van der Waals surface area contributed by atoms with Gasteiger partial charge >= 0.3 is 0 Å². The van der Waals surface area contributed by atoms with Gasteiger partial charge in [-0.15, -0.1) is 5.10 Å².